The van der Waals surface area contributed by atoms with Gasteiger partial charge in [-0.15, -0.1) is 0 Å². The van der Waals surface area contributed by atoms with Gasteiger partial charge in [0.15, 0.2) is 0 Å². The maximum atomic E-state index is 4.45. The molecule has 0 aliphatic rings. The van der Waals surface area contributed by atoms with Gasteiger partial charge in [0.2, 0.25) is 0 Å². The lowest BCUT2D eigenvalue weighted by Gasteiger charge is -2.08. The van der Waals surface area contributed by atoms with Gasteiger partial charge in [-0.25, -0.2) is 0 Å². The highest BCUT2D eigenvalue weighted by Gasteiger charge is 2.02. The highest BCUT2D eigenvalue weighted by molar-refractivity contribution is 5.97. The van der Waals surface area contributed by atoms with Crippen molar-refractivity contribution >= 4 is 11.4 Å². The Morgan fingerprint density at radius 1 is 1.22 bits per heavy atom. The summed E-state index contributed by atoms with van der Waals surface area (Å²) >= 11 is 0. The topological polar surface area (TPSA) is 29.3 Å². The number of nitrogens with one attached hydrogen (secondary N) is 1. The van der Waals surface area contributed by atoms with Crippen molar-refractivity contribution in [2.45, 2.75) is 20.3 Å². The average molecular weight is 241 g/mol. The first-order chi connectivity index (χ1) is 8.72. The monoisotopic (exact) mass is 241 g/mol. The normalized spacial score (nSPS) is 11.6. The van der Waals surface area contributed by atoms with E-state index in [2.05, 4.69) is 46.3 Å². The fourth-order valence-electron chi connectivity index (χ4n) is 1.98. The molecule has 3 heteroatoms. The van der Waals surface area contributed by atoms with Gasteiger partial charge in [0.05, 0.1) is 17.1 Å². The van der Waals surface area contributed by atoms with E-state index < -0.39 is 0 Å². The zero-order valence-corrected chi connectivity index (χ0v) is 11.1. The Hall–Kier alpha value is -2.03. The molecule has 2 aromatic rings. The maximum Gasteiger partial charge on any atom is 0.0812 e. The Kier molecular flexibility index (Phi) is 3.82. The highest BCUT2D eigenvalue weighted by atomic mass is 15.3. The number of para-hydroxylation sites is 1. The fourth-order valence-corrected chi connectivity index (χ4v) is 1.98. The zero-order valence-electron chi connectivity index (χ0n) is 11.1. The van der Waals surface area contributed by atoms with Crippen LogP contribution in [0.2, 0.25) is 0 Å². The van der Waals surface area contributed by atoms with Crippen molar-refractivity contribution in [3.8, 4) is 0 Å². The first kappa shape index (κ1) is 12.4. The number of hydrazone groups is 1. The van der Waals surface area contributed by atoms with Gasteiger partial charge < -0.3 is 4.57 Å². The van der Waals surface area contributed by atoms with Crippen LogP contribution in [0.5, 0.6) is 0 Å². The number of anilines is 1. The molecule has 0 aliphatic heterocycles. The predicted octanol–water partition coefficient (Wildman–Crippen LogP) is 3.42. The minimum absolute atomic E-state index is 0.980. The predicted molar refractivity (Wildman–Crippen MR) is 77.1 cm³/mol. The van der Waals surface area contributed by atoms with E-state index in [-0.39, 0.29) is 0 Å². The Bertz CT molecular complexity index is 552. The van der Waals surface area contributed by atoms with Gasteiger partial charge in [0.1, 0.15) is 0 Å². The number of rotatable bonds is 4. The molecule has 1 N–H and O–H groups in total. The number of hydrogen-bond acceptors (Lipinski definition) is 2. The third kappa shape index (κ3) is 2.62. The number of benzene rings is 1. The molecule has 0 unspecified atom stereocenters. The van der Waals surface area contributed by atoms with Crippen molar-refractivity contribution in [1.29, 1.82) is 0 Å². The van der Waals surface area contributed by atoms with Crippen molar-refractivity contribution in [3.63, 3.8) is 0 Å². The number of aromatic nitrogens is 1. The first-order valence-corrected chi connectivity index (χ1v) is 6.22. The second-order valence-corrected chi connectivity index (χ2v) is 4.32. The van der Waals surface area contributed by atoms with E-state index in [0.29, 0.717) is 0 Å². The third-order valence-corrected chi connectivity index (χ3v) is 3.06. The van der Waals surface area contributed by atoms with Gasteiger partial charge in [0.25, 0.3) is 0 Å². The smallest absolute Gasteiger partial charge is 0.0812 e. The van der Waals surface area contributed by atoms with Crippen molar-refractivity contribution in [2.75, 3.05) is 5.43 Å². The van der Waals surface area contributed by atoms with Crippen LogP contribution in [0.1, 0.15) is 25.1 Å². The van der Waals surface area contributed by atoms with Crippen LogP contribution in [0.25, 0.3) is 0 Å². The van der Waals surface area contributed by atoms with Crippen molar-refractivity contribution in [3.05, 3.63) is 53.9 Å². The molecule has 18 heavy (non-hydrogen) atoms. The molecule has 0 aliphatic carbocycles. The molecular formula is C15H19N3. The van der Waals surface area contributed by atoms with Gasteiger partial charge in [-0.2, -0.15) is 5.10 Å². The van der Waals surface area contributed by atoms with Crippen LogP contribution in [0, 0.1) is 0 Å². The van der Waals surface area contributed by atoms with Crippen molar-refractivity contribution < 1.29 is 0 Å². The summed E-state index contributed by atoms with van der Waals surface area (Å²) in [7, 11) is 2.02. The summed E-state index contributed by atoms with van der Waals surface area (Å²) in [6.07, 6.45) is 3.02. The van der Waals surface area contributed by atoms with E-state index in [1.54, 1.807) is 0 Å². The first-order valence-electron chi connectivity index (χ1n) is 6.22. The molecule has 1 aromatic carbocycles. The summed E-state index contributed by atoms with van der Waals surface area (Å²) in [5.41, 5.74) is 7.61. The minimum Gasteiger partial charge on any atom is -0.350 e. The lowest BCUT2D eigenvalue weighted by atomic mass is 10.1. The average Bonchev–Trinajstić information content (AvgIpc) is 2.82. The van der Waals surface area contributed by atoms with Crippen LogP contribution in [0.15, 0.2) is 47.7 Å². The Labute approximate surface area is 108 Å². The van der Waals surface area contributed by atoms with E-state index in [4.69, 9.17) is 0 Å². The molecule has 2 rings (SSSR count). The largest absolute Gasteiger partial charge is 0.350 e. The van der Waals surface area contributed by atoms with E-state index in [0.717, 1.165) is 23.5 Å². The summed E-state index contributed by atoms with van der Waals surface area (Å²) in [6, 6.07) is 12.3. The summed E-state index contributed by atoms with van der Waals surface area (Å²) < 4.78 is 2.06. The summed E-state index contributed by atoms with van der Waals surface area (Å²) in [5.74, 6) is 0. The van der Waals surface area contributed by atoms with E-state index in [9.17, 15) is 0 Å². The molecule has 0 fully saturated rings. The second-order valence-electron chi connectivity index (χ2n) is 4.32. The fraction of sp³-hybridized carbons (Fsp3) is 0.267. The molecule has 0 atom stereocenters. The zero-order chi connectivity index (χ0) is 13.0. The van der Waals surface area contributed by atoms with Crippen LogP contribution < -0.4 is 5.43 Å². The molecule has 0 radical (unpaired) electrons. The second kappa shape index (κ2) is 5.54. The SMILES string of the molecule is CCc1ccccc1N/N=C(/C)c1cccn1C. The summed E-state index contributed by atoms with van der Waals surface area (Å²) in [6.45, 7) is 4.16. The van der Waals surface area contributed by atoms with E-state index in [1.165, 1.54) is 5.56 Å². The molecule has 1 aromatic heterocycles. The number of nitrogens with zero attached hydrogens (tertiary/aromatic N) is 2. The van der Waals surface area contributed by atoms with Crippen LogP contribution in [0.4, 0.5) is 5.69 Å². The maximum absolute atomic E-state index is 4.45. The van der Waals surface area contributed by atoms with Gasteiger partial charge >= 0.3 is 0 Å². The van der Waals surface area contributed by atoms with E-state index in [1.807, 2.05) is 32.3 Å². The molecular weight excluding hydrogens is 222 g/mol. The van der Waals surface area contributed by atoms with Gasteiger partial charge in [-0.1, -0.05) is 25.1 Å². The molecule has 0 bridgehead atoms. The number of hydrogen-bond donors (Lipinski definition) is 1. The number of aryl methyl sites for hydroxylation is 2. The van der Waals surface area contributed by atoms with Gasteiger partial charge in [-0.3, -0.25) is 5.43 Å². The van der Waals surface area contributed by atoms with Gasteiger partial charge in [0, 0.05) is 13.2 Å². The molecule has 1 heterocycles. The van der Waals surface area contributed by atoms with Crippen molar-refractivity contribution in [2.24, 2.45) is 12.1 Å². The quantitative estimate of drug-likeness (QED) is 0.645. The van der Waals surface area contributed by atoms with Crippen LogP contribution in [-0.4, -0.2) is 10.3 Å². The van der Waals surface area contributed by atoms with Gasteiger partial charge in [-0.05, 0) is 37.1 Å². The summed E-state index contributed by atoms with van der Waals surface area (Å²) in [4.78, 5) is 0. The Balaban J connectivity index is 2.18. The molecule has 0 amide bonds. The lowest BCUT2D eigenvalue weighted by molar-refractivity contribution is 0.912. The molecule has 0 saturated heterocycles. The minimum atomic E-state index is 0.980. The van der Waals surface area contributed by atoms with E-state index >= 15 is 0 Å². The summed E-state index contributed by atoms with van der Waals surface area (Å²) in [5, 5.41) is 4.45. The molecule has 0 saturated carbocycles. The van der Waals surface area contributed by atoms with Crippen LogP contribution in [0.3, 0.4) is 0 Å². The highest BCUT2D eigenvalue weighted by Crippen LogP contribution is 2.15. The molecule has 3 nitrogen and oxygen atoms in total. The Morgan fingerprint density at radius 3 is 2.67 bits per heavy atom. The lowest BCUT2D eigenvalue weighted by Crippen LogP contribution is -2.05. The Morgan fingerprint density at radius 2 is 2.00 bits per heavy atom. The molecule has 0 spiro atoms. The third-order valence-electron chi connectivity index (χ3n) is 3.06. The standard InChI is InChI=1S/C15H19N3/c1-4-13-8-5-6-9-14(13)17-16-12(2)15-10-7-11-18(15)3/h5-11,17H,4H2,1-3H3/b16-12-. The molecule has 94 valence electrons. The van der Waals surface area contributed by atoms with Crippen LogP contribution >= 0.6 is 0 Å². The van der Waals surface area contributed by atoms with Crippen molar-refractivity contribution in [1.82, 2.24) is 4.57 Å². The van der Waals surface area contributed by atoms with Crippen LogP contribution in [-0.2, 0) is 13.5 Å².